The summed E-state index contributed by atoms with van der Waals surface area (Å²) in [4.78, 5) is 12.5. The van der Waals surface area contributed by atoms with E-state index < -0.39 is 6.29 Å². The zero-order chi connectivity index (χ0) is 17.7. The van der Waals surface area contributed by atoms with Gasteiger partial charge in [-0.3, -0.25) is 4.79 Å². The molecule has 24 heavy (non-hydrogen) atoms. The van der Waals surface area contributed by atoms with Crippen LogP contribution in [0.3, 0.4) is 0 Å². The molecule has 0 radical (unpaired) electrons. The van der Waals surface area contributed by atoms with Crippen LogP contribution in [0.5, 0.6) is 0 Å². The molecule has 1 fully saturated rings. The zero-order valence-corrected chi connectivity index (χ0v) is 15.5. The summed E-state index contributed by atoms with van der Waals surface area (Å²) in [5.74, 6) is 0.564. The van der Waals surface area contributed by atoms with Gasteiger partial charge in [-0.25, -0.2) is 0 Å². The van der Waals surface area contributed by atoms with E-state index in [1.807, 2.05) is 13.0 Å². The van der Waals surface area contributed by atoms with Crippen LogP contribution in [0.2, 0.25) is 0 Å². The summed E-state index contributed by atoms with van der Waals surface area (Å²) in [6, 6.07) is 0.285. The predicted octanol–water partition coefficient (Wildman–Crippen LogP) is 2.98. The van der Waals surface area contributed by atoms with Crippen LogP contribution in [-0.4, -0.2) is 36.6 Å². The van der Waals surface area contributed by atoms with Crippen molar-refractivity contribution in [2.24, 2.45) is 17.3 Å². The summed E-state index contributed by atoms with van der Waals surface area (Å²) < 4.78 is 11.8. The molecule has 1 heterocycles. The second kappa shape index (κ2) is 8.34. The van der Waals surface area contributed by atoms with Gasteiger partial charge in [0.1, 0.15) is 0 Å². The topological polar surface area (TPSA) is 67.8 Å². The molecule has 2 N–H and O–H groups in total. The number of aliphatic hydroxyl groups excluding tert-OH is 1. The van der Waals surface area contributed by atoms with E-state index in [9.17, 15) is 9.90 Å². The van der Waals surface area contributed by atoms with E-state index in [1.54, 1.807) is 0 Å². The van der Waals surface area contributed by atoms with Gasteiger partial charge < -0.3 is 19.9 Å². The fourth-order valence-electron chi connectivity index (χ4n) is 3.50. The third-order valence-electron chi connectivity index (χ3n) is 5.08. The van der Waals surface area contributed by atoms with Gasteiger partial charge in [-0.15, -0.1) is 0 Å². The van der Waals surface area contributed by atoms with Crippen molar-refractivity contribution in [2.75, 3.05) is 13.2 Å². The van der Waals surface area contributed by atoms with Crippen molar-refractivity contribution < 1.29 is 19.4 Å². The molecule has 0 bridgehead atoms. The Morgan fingerprint density at radius 2 is 2.12 bits per heavy atom. The Balaban J connectivity index is 2.20. The van der Waals surface area contributed by atoms with Crippen LogP contribution in [0.15, 0.2) is 11.8 Å². The molecule has 1 aliphatic carbocycles. The lowest BCUT2D eigenvalue weighted by atomic mass is 9.70. The number of rotatable bonds is 7. The van der Waals surface area contributed by atoms with Gasteiger partial charge in [-0.2, -0.15) is 0 Å². The first-order valence-electron chi connectivity index (χ1n) is 9.28. The fourth-order valence-corrected chi connectivity index (χ4v) is 3.50. The summed E-state index contributed by atoms with van der Waals surface area (Å²) in [5.41, 5.74) is -0.0126. The molecular weight excluding hydrogens is 306 g/mol. The normalized spacial score (nSPS) is 27.9. The van der Waals surface area contributed by atoms with Gasteiger partial charge in [0.15, 0.2) is 5.76 Å². The van der Waals surface area contributed by atoms with Crippen molar-refractivity contribution >= 4 is 5.91 Å². The Morgan fingerprint density at radius 3 is 2.62 bits per heavy atom. The van der Waals surface area contributed by atoms with Crippen molar-refractivity contribution in [1.29, 1.82) is 0 Å². The predicted molar refractivity (Wildman–Crippen MR) is 93.1 cm³/mol. The molecule has 2 rings (SSSR count). The smallest absolute Gasteiger partial charge is 0.286 e. The molecule has 1 amide bonds. The Bertz CT molecular complexity index is 451. The molecule has 0 unspecified atom stereocenters. The number of nitrogens with one attached hydrogen (secondary N) is 1. The molecule has 0 spiro atoms. The van der Waals surface area contributed by atoms with E-state index in [4.69, 9.17) is 9.47 Å². The number of hydrogen-bond acceptors (Lipinski definition) is 4. The Kier molecular flexibility index (Phi) is 6.70. The maximum atomic E-state index is 12.5. The molecule has 138 valence electrons. The largest absolute Gasteiger partial charge is 0.459 e. The van der Waals surface area contributed by atoms with Gasteiger partial charge in [-0.05, 0) is 56.4 Å². The molecule has 0 saturated heterocycles. The van der Waals surface area contributed by atoms with E-state index in [2.05, 4.69) is 26.1 Å². The van der Waals surface area contributed by atoms with Crippen LogP contribution in [-0.2, 0) is 14.3 Å². The molecule has 1 saturated carbocycles. The molecule has 2 aliphatic rings. The summed E-state index contributed by atoms with van der Waals surface area (Å²) in [7, 11) is 0. The third kappa shape index (κ3) is 4.73. The van der Waals surface area contributed by atoms with Crippen LogP contribution in [0.4, 0.5) is 0 Å². The second-order valence-corrected chi connectivity index (χ2v) is 8.00. The van der Waals surface area contributed by atoms with Crippen LogP contribution in [0.1, 0.15) is 59.8 Å². The number of aliphatic hydroxyl groups is 1. The van der Waals surface area contributed by atoms with Gasteiger partial charge in [-0.1, -0.05) is 20.8 Å². The molecular formula is C19H33NO4. The van der Waals surface area contributed by atoms with E-state index in [-0.39, 0.29) is 35.8 Å². The van der Waals surface area contributed by atoms with Crippen molar-refractivity contribution in [1.82, 2.24) is 5.32 Å². The molecule has 0 aromatic rings. The molecule has 5 nitrogen and oxygen atoms in total. The van der Waals surface area contributed by atoms with Crippen molar-refractivity contribution in [3.8, 4) is 0 Å². The van der Waals surface area contributed by atoms with E-state index >= 15 is 0 Å². The average Bonchev–Trinajstić information content (AvgIpc) is 2.48. The SMILES string of the molecule is CCO[C@H]1OC(C(=O)NC2CCC2)=C[C@@H](C(C)(C)C)[C@@H]1CCCO. The minimum absolute atomic E-state index is 0.0126. The summed E-state index contributed by atoms with van der Waals surface area (Å²) in [6.07, 6.45) is 6.36. The van der Waals surface area contributed by atoms with Gasteiger partial charge in [0.05, 0.1) is 0 Å². The summed E-state index contributed by atoms with van der Waals surface area (Å²) in [5, 5.41) is 12.3. The standard InChI is InChI=1S/C19H33NO4/c1-5-23-18-14(10-7-11-21)15(19(2,3)4)12-16(24-18)17(22)20-13-8-6-9-13/h12-15,18,21H,5-11H2,1-4H3,(H,20,22)/t14-,15+,18-/m0/s1. The van der Waals surface area contributed by atoms with Gasteiger partial charge >= 0.3 is 0 Å². The molecule has 0 aromatic heterocycles. The highest BCUT2D eigenvalue weighted by Crippen LogP contribution is 2.42. The molecule has 5 heteroatoms. The highest BCUT2D eigenvalue weighted by Gasteiger charge is 2.42. The molecule has 1 aliphatic heterocycles. The summed E-state index contributed by atoms with van der Waals surface area (Å²) >= 11 is 0. The number of amides is 1. The molecule has 3 atom stereocenters. The number of ether oxygens (including phenoxy) is 2. The number of carbonyl (C=O) groups is 1. The maximum absolute atomic E-state index is 12.5. The monoisotopic (exact) mass is 339 g/mol. The number of allylic oxidation sites excluding steroid dienone is 1. The lowest BCUT2D eigenvalue weighted by Crippen LogP contribution is -2.46. The van der Waals surface area contributed by atoms with E-state index in [1.165, 1.54) is 6.42 Å². The Morgan fingerprint density at radius 1 is 1.42 bits per heavy atom. The van der Waals surface area contributed by atoms with Crippen molar-refractivity contribution in [3.63, 3.8) is 0 Å². The Hall–Kier alpha value is -1.07. The fraction of sp³-hybridized carbons (Fsp3) is 0.842. The van der Waals surface area contributed by atoms with Crippen molar-refractivity contribution in [2.45, 2.75) is 72.1 Å². The minimum atomic E-state index is -0.432. The van der Waals surface area contributed by atoms with E-state index in [0.29, 0.717) is 18.8 Å². The van der Waals surface area contributed by atoms with E-state index in [0.717, 1.165) is 19.3 Å². The number of hydrogen-bond donors (Lipinski definition) is 2. The van der Waals surface area contributed by atoms with Crippen LogP contribution in [0.25, 0.3) is 0 Å². The quantitative estimate of drug-likeness (QED) is 0.748. The highest BCUT2D eigenvalue weighted by molar-refractivity contribution is 5.91. The third-order valence-corrected chi connectivity index (χ3v) is 5.08. The highest BCUT2D eigenvalue weighted by atomic mass is 16.7. The van der Waals surface area contributed by atoms with Gasteiger partial charge in [0.25, 0.3) is 5.91 Å². The van der Waals surface area contributed by atoms with Crippen LogP contribution >= 0.6 is 0 Å². The first-order chi connectivity index (χ1) is 11.4. The second-order valence-electron chi connectivity index (χ2n) is 8.00. The van der Waals surface area contributed by atoms with Crippen molar-refractivity contribution in [3.05, 3.63) is 11.8 Å². The first-order valence-corrected chi connectivity index (χ1v) is 9.28. The average molecular weight is 339 g/mol. The van der Waals surface area contributed by atoms with Gasteiger partial charge in [0.2, 0.25) is 6.29 Å². The zero-order valence-electron chi connectivity index (χ0n) is 15.5. The first kappa shape index (κ1) is 19.3. The maximum Gasteiger partial charge on any atom is 0.286 e. The van der Waals surface area contributed by atoms with Crippen LogP contribution < -0.4 is 5.32 Å². The summed E-state index contributed by atoms with van der Waals surface area (Å²) in [6.45, 7) is 9.16. The lowest BCUT2D eigenvalue weighted by molar-refractivity contribution is -0.179. The van der Waals surface area contributed by atoms with Gasteiger partial charge in [0, 0.05) is 25.2 Å². The lowest BCUT2D eigenvalue weighted by Gasteiger charge is -2.42. The minimum Gasteiger partial charge on any atom is -0.459 e. The molecule has 0 aromatic carbocycles. The Labute approximate surface area is 145 Å². The van der Waals surface area contributed by atoms with Crippen LogP contribution in [0, 0.1) is 17.3 Å². The number of carbonyl (C=O) groups excluding carboxylic acids is 1.